The summed E-state index contributed by atoms with van der Waals surface area (Å²) in [5.74, 6) is 0. The van der Waals surface area contributed by atoms with E-state index in [0.29, 0.717) is 12.1 Å². The highest BCUT2D eigenvalue weighted by Gasteiger charge is 2.35. The van der Waals surface area contributed by atoms with E-state index in [2.05, 4.69) is 16.8 Å². The van der Waals surface area contributed by atoms with Gasteiger partial charge in [-0.15, -0.1) is 0 Å². The zero-order valence-electron chi connectivity index (χ0n) is 17.0. The molecular formula is C20H38N4O2. The minimum atomic E-state index is 0.155. The maximum atomic E-state index is 12.3. The van der Waals surface area contributed by atoms with E-state index in [1.165, 1.54) is 25.7 Å². The number of ether oxygens (including phenoxy) is 1. The van der Waals surface area contributed by atoms with Gasteiger partial charge in [-0.1, -0.05) is 12.8 Å². The largest absolute Gasteiger partial charge is 0.381 e. The van der Waals surface area contributed by atoms with Gasteiger partial charge >= 0.3 is 6.03 Å². The standard InChI is InChI=1S/C20H38N4O2/c1-21(2)20(25)23-11-8-19(16-23)24(18-9-14-26-15-10-18)13-12-22(3)17-6-4-5-7-17/h17-19H,4-16H2,1-3H3. The molecule has 1 saturated carbocycles. The minimum absolute atomic E-state index is 0.155. The van der Waals surface area contributed by atoms with Gasteiger partial charge in [0, 0.05) is 71.6 Å². The molecule has 0 aromatic carbocycles. The Bertz CT molecular complexity index is 447. The predicted molar refractivity (Wildman–Crippen MR) is 104 cm³/mol. The molecule has 2 heterocycles. The Morgan fingerprint density at radius 1 is 0.923 bits per heavy atom. The van der Waals surface area contributed by atoms with Gasteiger partial charge in [0.25, 0.3) is 0 Å². The van der Waals surface area contributed by atoms with Crippen LogP contribution in [-0.2, 0) is 4.74 Å². The van der Waals surface area contributed by atoms with Crippen molar-refractivity contribution in [2.75, 3.05) is 60.5 Å². The summed E-state index contributed by atoms with van der Waals surface area (Å²) in [6, 6.07) is 2.04. The molecule has 1 unspecified atom stereocenters. The molecule has 0 N–H and O–H groups in total. The molecule has 0 bridgehead atoms. The topological polar surface area (TPSA) is 39.3 Å². The number of rotatable bonds is 6. The lowest BCUT2D eigenvalue weighted by atomic mass is 10.0. The molecule has 3 aliphatic rings. The Labute approximate surface area is 159 Å². The fourth-order valence-electron chi connectivity index (χ4n) is 4.95. The van der Waals surface area contributed by atoms with Crippen molar-refractivity contribution in [1.82, 2.24) is 19.6 Å². The summed E-state index contributed by atoms with van der Waals surface area (Å²) >= 11 is 0. The van der Waals surface area contributed by atoms with Crippen molar-refractivity contribution in [1.29, 1.82) is 0 Å². The zero-order valence-corrected chi connectivity index (χ0v) is 17.0. The van der Waals surface area contributed by atoms with E-state index >= 15 is 0 Å². The summed E-state index contributed by atoms with van der Waals surface area (Å²) in [4.78, 5) is 21.4. The highest BCUT2D eigenvalue weighted by Crippen LogP contribution is 2.25. The molecule has 2 amide bonds. The SMILES string of the molecule is CN(C)C(=O)N1CCC(N(CCN(C)C2CCCC2)C2CCOCC2)C1. The second kappa shape index (κ2) is 9.38. The number of carbonyl (C=O) groups is 1. The van der Waals surface area contributed by atoms with Crippen molar-refractivity contribution in [3.05, 3.63) is 0 Å². The van der Waals surface area contributed by atoms with Crippen LogP contribution in [0.3, 0.4) is 0 Å². The Morgan fingerprint density at radius 2 is 1.62 bits per heavy atom. The summed E-state index contributed by atoms with van der Waals surface area (Å²) in [6.07, 6.45) is 8.87. The van der Waals surface area contributed by atoms with Crippen LogP contribution in [0.4, 0.5) is 4.79 Å². The highest BCUT2D eigenvalue weighted by atomic mass is 16.5. The van der Waals surface area contributed by atoms with Crippen LogP contribution >= 0.6 is 0 Å². The second-order valence-corrected chi connectivity index (χ2v) is 8.57. The van der Waals surface area contributed by atoms with Crippen molar-refractivity contribution in [3.8, 4) is 0 Å². The van der Waals surface area contributed by atoms with E-state index in [0.717, 1.165) is 64.7 Å². The van der Waals surface area contributed by atoms with Crippen LogP contribution in [0.2, 0.25) is 0 Å². The predicted octanol–water partition coefficient (Wildman–Crippen LogP) is 2.10. The second-order valence-electron chi connectivity index (χ2n) is 8.57. The third-order valence-electron chi connectivity index (χ3n) is 6.60. The molecule has 6 heteroatoms. The average molecular weight is 367 g/mol. The number of amides is 2. The lowest BCUT2D eigenvalue weighted by molar-refractivity contribution is 0.0137. The number of likely N-dealkylation sites (tertiary alicyclic amines) is 1. The van der Waals surface area contributed by atoms with Crippen LogP contribution in [0.15, 0.2) is 0 Å². The molecule has 0 aromatic rings. The van der Waals surface area contributed by atoms with Crippen LogP contribution in [0.5, 0.6) is 0 Å². The van der Waals surface area contributed by atoms with Gasteiger partial charge in [-0.3, -0.25) is 4.90 Å². The van der Waals surface area contributed by atoms with E-state index in [9.17, 15) is 4.79 Å². The van der Waals surface area contributed by atoms with E-state index in [1.54, 1.807) is 4.90 Å². The summed E-state index contributed by atoms with van der Waals surface area (Å²) < 4.78 is 5.60. The fraction of sp³-hybridized carbons (Fsp3) is 0.950. The lowest BCUT2D eigenvalue weighted by Gasteiger charge is -2.40. The number of hydrogen-bond donors (Lipinski definition) is 0. The Morgan fingerprint density at radius 3 is 2.27 bits per heavy atom. The molecule has 3 fully saturated rings. The average Bonchev–Trinajstić information content (AvgIpc) is 3.34. The highest BCUT2D eigenvalue weighted by molar-refractivity contribution is 5.74. The summed E-state index contributed by atoms with van der Waals surface area (Å²) in [6.45, 7) is 5.78. The van der Waals surface area contributed by atoms with Crippen molar-refractivity contribution >= 4 is 6.03 Å². The van der Waals surface area contributed by atoms with E-state index in [-0.39, 0.29) is 6.03 Å². The molecule has 26 heavy (non-hydrogen) atoms. The summed E-state index contributed by atoms with van der Waals surface area (Å²) in [7, 11) is 6.00. The summed E-state index contributed by atoms with van der Waals surface area (Å²) in [5, 5.41) is 0. The quantitative estimate of drug-likeness (QED) is 0.722. The zero-order chi connectivity index (χ0) is 18.5. The summed E-state index contributed by atoms with van der Waals surface area (Å²) in [5.41, 5.74) is 0. The number of carbonyl (C=O) groups excluding carboxylic acids is 1. The van der Waals surface area contributed by atoms with Gasteiger partial charge in [-0.05, 0) is 39.2 Å². The van der Waals surface area contributed by atoms with E-state index < -0.39 is 0 Å². The molecule has 0 radical (unpaired) electrons. The van der Waals surface area contributed by atoms with Crippen LogP contribution in [0, 0.1) is 0 Å². The first-order valence-corrected chi connectivity index (χ1v) is 10.6. The van der Waals surface area contributed by atoms with Crippen LogP contribution < -0.4 is 0 Å². The van der Waals surface area contributed by atoms with Crippen molar-refractivity contribution in [2.45, 2.75) is 63.1 Å². The first kappa shape index (κ1) is 19.9. The molecule has 0 aromatic heterocycles. The number of nitrogens with zero attached hydrogens (tertiary/aromatic N) is 4. The van der Waals surface area contributed by atoms with E-state index in [4.69, 9.17) is 4.74 Å². The minimum Gasteiger partial charge on any atom is -0.381 e. The molecule has 0 spiro atoms. The van der Waals surface area contributed by atoms with Gasteiger partial charge in [0.05, 0.1) is 0 Å². The molecular weight excluding hydrogens is 328 g/mol. The molecule has 2 saturated heterocycles. The molecule has 1 aliphatic carbocycles. The Kier molecular flexibility index (Phi) is 7.18. The first-order chi connectivity index (χ1) is 12.6. The molecule has 2 aliphatic heterocycles. The van der Waals surface area contributed by atoms with Gasteiger partial charge in [0.2, 0.25) is 0 Å². The van der Waals surface area contributed by atoms with Crippen LogP contribution in [0.25, 0.3) is 0 Å². The van der Waals surface area contributed by atoms with Gasteiger partial charge in [-0.2, -0.15) is 0 Å². The number of likely N-dealkylation sites (N-methyl/N-ethyl adjacent to an activating group) is 1. The molecule has 1 atom stereocenters. The third kappa shape index (κ3) is 4.90. The lowest BCUT2D eigenvalue weighted by Crippen LogP contribution is -2.50. The van der Waals surface area contributed by atoms with Gasteiger partial charge in [0.15, 0.2) is 0 Å². The molecule has 150 valence electrons. The normalized spacial score (nSPS) is 25.6. The third-order valence-corrected chi connectivity index (χ3v) is 6.60. The maximum absolute atomic E-state index is 12.3. The monoisotopic (exact) mass is 366 g/mol. The first-order valence-electron chi connectivity index (χ1n) is 10.6. The maximum Gasteiger partial charge on any atom is 0.319 e. The van der Waals surface area contributed by atoms with Gasteiger partial charge < -0.3 is 19.4 Å². The van der Waals surface area contributed by atoms with Gasteiger partial charge in [0.1, 0.15) is 0 Å². The van der Waals surface area contributed by atoms with Crippen molar-refractivity contribution < 1.29 is 9.53 Å². The van der Waals surface area contributed by atoms with Crippen LogP contribution in [-0.4, -0.2) is 104 Å². The number of urea groups is 1. The van der Waals surface area contributed by atoms with E-state index in [1.807, 2.05) is 19.0 Å². The Balaban J connectivity index is 1.59. The van der Waals surface area contributed by atoms with Crippen molar-refractivity contribution in [2.24, 2.45) is 0 Å². The fourth-order valence-corrected chi connectivity index (χ4v) is 4.95. The number of hydrogen-bond acceptors (Lipinski definition) is 4. The van der Waals surface area contributed by atoms with Crippen LogP contribution in [0.1, 0.15) is 44.9 Å². The van der Waals surface area contributed by atoms with Crippen molar-refractivity contribution in [3.63, 3.8) is 0 Å². The van der Waals surface area contributed by atoms with Gasteiger partial charge in [-0.25, -0.2) is 4.79 Å². The smallest absolute Gasteiger partial charge is 0.319 e. The molecule has 6 nitrogen and oxygen atoms in total. The molecule has 3 rings (SSSR count). The Hall–Kier alpha value is -0.850.